The molecule has 4 atom stereocenters. The largest absolute Gasteiger partial charge is 0.122 e. The Hall–Kier alpha value is -1.12. The number of thioether (sulfide) groups is 2. The number of fused-ring (bicyclic) bond motifs is 6. The number of rotatable bonds is 0. The van der Waals surface area contributed by atoms with E-state index in [2.05, 4.69) is 73.8 Å². The highest BCUT2D eigenvalue weighted by atomic mass is 32.2. The van der Waals surface area contributed by atoms with E-state index in [9.17, 15) is 0 Å². The summed E-state index contributed by atoms with van der Waals surface area (Å²) in [6.45, 7) is 4.52. The monoisotopic (exact) mass is 320 g/mol. The topological polar surface area (TPSA) is 0 Å². The third-order valence-electron chi connectivity index (χ3n) is 5.73. The molecule has 0 N–H and O–H groups in total. The van der Waals surface area contributed by atoms with Crippen LogP contribution in [0.15, 0.2) is 46.2 Å². The molecule has 108 valence electrons. The van der Waals surface area contributed by atoms with Crippen LogP contribution in [0.2, 0.25) is 0 Å². The minimum absolute atomic E-state index is 0.606. The maximum absolute atomic E-state index is 2.49. The summed E-state index contributed by atoms with van der Waals surface area (Å²) in [6.07, 6.45) is 4.97. The molecule has 2 heterocycles. The first kappa shape index (κ1) is 12.3. The van der Waals surface area contributed by atoms with Gasteiger partial charge in [-0.1, -0.05) is 36.4 Å². The summed E-state index contributed by atoms with van der Waals surface area (Å²) in [7, 11) is 0. The summed E-state index contributed by atoms with van der Waals surface area (Å²) >= 11 is 4.13. The third kappa shape index (κ3) is 1.27. The van der Waals surface area contributed by atoms with Crippen molar-refractivity contribution in [2.75, 3.05) is 0 Å². The van der Waals surface area contributed by atoms with Crippen LogP contribution >= 0.6 is 23.5 Å². The molecule has 0 saturated carbocycles. The minimum Gasteiger partial charge on any atom is -0.122 e. The van der Waals surface area contributed by atoms with Crippen molar-refractivity contribution in [3.63, 3.8) is 0 Å². The van der Waals surface area contributed by atoms with Crippen LogP contribution in [-0.2, 0) is 0 Å². The van der Waals surface area contributed by atoms with Crippen LogP contribution in [-0.4, -0.2) is 0 Å². The zero-order valence-electron chi connectivity index (χ0n) is 12.6. The molecule has 0 fully saturated rings. The number of hydrogen-bond acceptors (Lipinski definition) is 2. The molecule has 0 bridgehead atoms. The van der Waals surface area contributed by atoms with Gasteiger partial charge in [0.1, 0.15) is 0 Å². The van der Waals surface area contributed by atoms with E-state index >= 15 is 0 Å². The lowest BCUT2D eigenvalue weighted by Gasteiger charge is -2.12. The van der Waals surface area contributed by atoms with Gasteiger partial charge >= 0.3 is 0 Å². The van der Waals surface area contributed by atoms with Crippen molar-refractivity contribution < 1.29 is 0 Å². The second-order valence-corrected chi connectivity index (χ2v) is 9.70. The normalized spacial score (nSPS) is 33.2. The Morgan fingerprint density at radius 1 is 0.636 bits per heavy atom. The van der Waals surface area contributed by atoms with E-state index in [0.29, 0.717) is 22.3 Å². The number of allylic oxidation sites excluding steroid dienone is 4. The molecule has 0 radical (unpaired) electrons. The molecule has 0 aromatic heterocycles. The van der Waals surface area contributed by atoms with Crippen LogP contribution in [0.4, 0.5) is 0 Å². The van der Waals surface area contributed by atoms with Crippen LogP contribution in [0.25, 0.3) is 10.8 Å². The van der Waals surface area contributed by atoms with E-state index in [-0.39, 0.29) is 0 Å². The standard InChI is InChI=1S/C20H16S2/c1-9-7-15-11-3-4-12-16-8-10(2)22-20(16)14-6-5-13(19(15)21-9)17(11)18(12)14/h3-8,15-16,19-20H,1-2H3. The van der Waals surface area contributed by atoms with Crippen molar-refractivity contribution in [1.82, 2.24) is 0 Å². The van der Waals surface area contributed by atoms with Crippen molar-refractivity contribution >= 4 is 34.3 Å². The minimum atomic E-state index is 0.606. The van der Waals surface area contributed by atoms with Crippen LogP contribution in [0, 0.1) is 0 Å². The first-order chi connectivity index (χ1) is 10.7. The Balaban J connectivity index is 1.71. The lowest BCUT2D eigenvalue weighted by atomic mass is 9.95. The Morgan fingerprint density at radius 3 is 1.50 bits per heavy atom. The highest BCUT2D eigenvalue weighted by Gasteiger charge is 2.43. The summed E-state index contributed by atoms with van der Waals surface area (Å²) < 4.78 is 0. The molecule has 0 saturated heterocycles. The summed E-state index contributed by atoms with van der Waals surface area (Å²) in [5.41, 5.74) is 6.33. The Morgan fingerprint density at radius 2 is 1.05 bits per heavy atom. The molecular formula is C20H16S2. The Labute approximate surface area is 139 Å². The van der Waals surface area contributed by atoms with E-state index < -0.39 is 0 Å². The first-order valence-corrected chi connectivity index (χ1v) is 9.78. The highest BCUT2D eigenvalue weighted by Crippen LogP contribution is 2.65. The molecule has 0 amide bonds. The molecule has 6 rings (SSSR count). The highest BCUT2D eigenvalue weighted by molar-refractivity contribution is 8.03. The summed E-state index contributed by atoms with van der Waals surface area (Å²) in [5, 5.41) is 4.46. The van der Waals surface area contributed by atoms with Gasteiger partial charge in [0.15, 0.2) is 0 Å². The van der Waals surface area contributed by atoms with E-state index in [1.807, 2.05) is 0 Å². The molecule has 22 heavy (non-hydrogen) atoms. The first-order valence-electron chi connectivity index (χ1n) is 8.02. The predicted molar refractivity (Wildman–Crippen MR) is 97.6 cm³/mol. The Kier molecular flexibility index (Phi) is 2.16. The van der Waals surface area contributed by atoms with Crippen molar-refractivity contribution in [3.05, 3.63) is 68.5 Å². The fraction of sp³-hybridized carbons (Fsp3) is 0.300. The van der Waals surface area contributed by atoms with Crippen molar-refractivity contribution in [1.29, 1.82) is 0 Å². The fourth-order valence-electron chi connectivity index (χ4n) is 4.96. The number of benzene rings is 2. The average molecular weight is 320 g/mol. The molecule has 2 aliphatic heterocycles. The summed E-state index contributed by atoms with van der Waals surface area (Å²) in [4.78, 5) is 2.98. The second-order valence-electron chi connectivity index (χ2n) is 6.92. The van der Waals surface area contributed by atoms with Crippen molar-refractivity contribution in [2.24, 2.45) is 0 Å². The van der Waals surface area contributed by atoms with Gasteiger partial charge in [-0.2, -0.15) is 0 Å². The van der Waals surface area contributed by atoms with Gasteiger partial charge in [-0.25, -0.2) is 0 Å². The maximum Gasteiger partial charge on any atom is 0.0451 e. The summed E-state index contributed by atoms with van der Waals surface area (Å²) in [6, 6.07) is 9.73. The van der Waals surface area contributed by atoms with Gasteiger partial charge in [-0.05, 0) is 56.7 Å². The molecule has 4 aliphatic rings. The van der Waals surface area contributed by atoms with Crippen LogP contribution in [0.5, 0.6) is 0 Å². The SMILES string of the molecule is CC1=CC2c3ccc4c5c(ccc(c35)C2S1)C1SC(C)=CC41. The zero-order chi connectivity index (χ0) is 14.6. The number of hydrogen-bond donors (Lipinski definition) is 0. The smallest absolute Gasteiger partial charge is 0.0451 e. The molecule has 0 nitrogen and oxygen atoms in total. The molecule has 2 heteroatoms. The maximum atomic E-state index is 2.49. The molecular weight excluding hydrogens is 304 g/mol. The molecule has 2 aromatic rings. The van der Waals surface area contributed by atoms with E-state index in [4.69, 9.17) is 0 Å². The van der Waals surface area contributed by atoms with Gasteiger partial charge in [0.05, 0.1) is 0 Å². The van der Waals surface area contributed by atoms with Gasteiger partial charge in [0, 0.05) is 22.3 Å². The zero-order valence-corrected chi connectivity index (χ0v) is 14.2. The predicted octanol–water partition coefficient (Wildman–Crippen LogP) is 6.42. The second kappa shape index (κ2) is 3.85. The van der Waals surface area contributed by atoms with Gasteiger partial charge in [-0.3, -0.25) is 0 Å². The van der Waals surface area contributed by atoms with Crippen LogP contribution in [0.3, 0.4) is 0 Å². The molecule has 0 spiro atoms. The summed E-state index contributed by atoms with van der Waals surface area (Å²) in [5.74, 6) is 1.21. The van der Waals surface area contributed by atoms with Gasteiger partial charge < -0.3 is 0 Å². The van der Waals surface area contributed by atoms with Gasteiger partial charge in [0.25, 0.3) is 0 Å². The van der Waals surface area contributed by atoms with E-state index in [1.165, 1.54) is 9.81 Å². The Bertz CT molecular complexity index is 858. The van der Waals surface area contributed by atoms with Crippen LogP contribution < -0.4 is 0 Å². The quantitative estimate of drug-likeness (QED) is 0.549. The average Bonchev–Trinajstić information content (AvgIpc) is 3.19. The molecule has 4 unspecified atom stereocenters. The van der Waals surface area contributed by atoms with Gasteiger partial charge in [-0.15, -0.1) is 23.5 Å². The van der Waals surface area contributed by atoms with Gasteiger partial charge in [0.2, 0.25) is 0 Å². The van der Waals surface area contributed by atoms with E-state index in [1.54, 1.807) is 33.0 Å². The van der Waals surface area contributed by atoms with E-state index in [0.717, 1.165) is 0 Å². The van der Waals surface area contributed by atoms with Crippen molar-refractivity contribution in [2.45, 2.75) is 36.2 Å². The lowest BCUT2D eigenvalue weighted by molar-refractivity contribution is 0.862. The molecule has 2 aromatic carbocycles. The lowest BCUT2D eigenvalue weighted by Crippen LogP contribution is -1.95. The van der Waals surface area contributed by atoms with Crippen molar-refractivity contribution in [3.8, 4) is 0 Å². The fourth-order valence-corrected chi connectivity index (χ4v) is 7.60. The molecule has 2 aliphatic carbocycles. The third-order valence-corrected chi connectivity index (χ3v) is 8.35. The van der Waals surface area contributed by atoms with Crippen LogP contribution in [0.1, 0.15) is 58.4 Å².